The number of thiophene rings is 1. The van der Waals surface area contributed by atoms with Gasteiger partial charge in [0.05, 0.1) is 0 Å². The summed E-state index contributed by atoms with van der Waals surface area (Å²) < 4.78 is 11.7. The molecule has 0 aliphatic rings. The average molecular weight is 156 g/mol. The molecule has 0 aromatic carbocycles. The molecule has 0 amide bonds. The van der Waals surface area contributed by atoms with Crippen LogP contribution in [0.5, 0.6) is 5.06 Å². The van der Waals surface area contributed by atoms with Crippen molar-refractivity contribution in [3.8, 4) is 5.06 Å². The normalized spacial score (nSPS) is 8.12. The van der Waals surface area contributed by atoms with Gasteiger partial charge in [-0.1, -0.05) is 0 Å². The van der Waals surface area contributed by atoms with Crippen molar-refractivity contribution in [3.05, 3.63) is 17.3 Å². The SMILES string of the molecule is [K+].[O-]c1cc(F)cs1. The maximum Gasteiger partial charge on any atom is 1.00 e. The standard InChI is InChI=1S/C4H3FOS.K/c5-3-1-4(6)7-2-3;/h1-2,6H;/q;+1/p-1. The summed E-state index contributed by atoms with van der Waals surface area (Å²) in [6.07, 6.45) is 0. The smallest absolute Gasteiger partial charge is 0.865 e. The van der Waals surface area contributed by atoms with Crippen LogP contribution in [0.25, 0.3) is 0 Å². The van der Waals surface area contributed by atoms with E-state index in [1.165, 1.54) is 5.38 Å². The zero-order valence-electron chi connectivity index (χ0n) is 4.35. The Morgan fingerprint density at radius 2 is 2.25 bits per heavy atom. The van der Waals surface area contributed by atoms with E-state index in [0.717, 1.165) is 17.4 Å². The summed E-state index contributed by atoms with van der Waals surface area (Å²) in [7, 11) is 0. The van der Waals surface area contributed by atoms with E-state index in [4.69, 9.17) is 0 Å². The van der Waals surface area contributed by atoms with Crippen molar-refractivity contribution in [3.63, 3.8) is 0 Å². The quantitative estimate of drug-likeness (QED) is 0.397. The molecule has 0 saturated carbocycles. The third kappa shape index (κ3) is 2.57. The van der Waals surface area contributed by atoms with Gasteiger partial charge in [-0.25, -0.2) is 4.39 Å². The van der Waals surface area contributed by atoms with Gasteiger partial charge < -0.3 is 5.11 Å². The molecule has 1 nitrogen and oxygen atoms in total. The van der Waals surface area contributed by atoms with Gasteiger partial charge >= 0.3 is 51.4 Å². The van der Waals surface area contributed by atoms with Crippen molar-refractivity contribution in [1.82, 2.24) is 0 Å². The molecule has 1 rings (SSSR count). The van der Waals surface area contributed by atoms with Gasteiger partial charge in [-0.05, 0) is 11.1 Å². The number of rotatable bonds is 0. The largest absolute Gasteiger partial charge is 1.00 e. The monoisotopic (exact) mass is 156 g/mol. The molecule has 0 aliphatic heterocycles. The molecule has 0 aliphatic carbocycles. The fourth-order valence-corrected chi connectivity index (χ4v) is 0.772. The van der Waals surface area contributed by atoms with Crippen molar-refractivity contribution >= 4 is 11.3 Å². The van der Waals surface area contributed by atoms with E-state index in [1.807, 2.05) is 0 Å². The zero-order valence-corrected chi connectivity index (χ0v) is 8.29. The molecule has 1 heterocycles. The second-order valence-corrected chi connectivity index (χ2v) is 1.96. The summed E-state index contributed by atoms with van der Waals surface area (Å²) in [6, 6.07) is 0.963. The van der Waals surface area contributed by atoms with Crippen LogP contribution in [0.3, 0.4) is 0 Å². The van der Waals surface area contributed by atoms with Crippen LogP contribution >= 0.6 is 11.3 Å². The summed E-state index contributed by atoms with van der Waals surface area (Å²) in [4.78, 5) is 0. The topological polar surface area (TPSA) is 23.1 Å². The number of hydrogen-bond acceptors (Lipinski definition) is 2. The molecule has 0 spiro atoms. The zero-order chi connectivity index (χ0) is 5.28. The van der Waals surface area contributed by atoms with Crippen LogP contribution in [0, 0.1) is 5.82 Å². The number of halogens is 1. The predicted octanol–water partition coefficient (Wildman–Crippen LogP) is -2.04. The first-order valence-electron chi connectivity index (χ1n) is 1.70. The third-order valence-electron chi connectivity index (χ3n) is 0.543. The Labute approximate surface area is 93.0 Å². The molecular weight excluding hydrogens is 154 g/mol. The van der Waals surface area contributed by atoms with E-state index >= 15 is 0 Å². The first kappa shape index (κ1) is 9.07. The Kier molecular flexibility index (Phi) is 4.50. The molecular formula is C4H2FKOS. The van der Waals surface area contributed by atoms with Crippen LogP contribution in [0.15, 0.2) is 11.4 Å². The molecule has 0 unspecified atom stereocenters. The van der Waals surface area contributed by atoms with Gasteiger partial charge in [-0.15, -0.1) is 0 Å². The second-order valence-electron chi connectivity index (χ2n) is 1.08. The summed E-state index contributed by atoms with van der Waals surface area (Å²) in [5.41, 5.74) is 0. The molecule has 0 N–H and O–H groups in total. The molecule has 0 radical (unpaired) electrons. The minimum absolute atomic E-state index is 0. The Balaban J connectivity index is 0.000000490. The summed E-state index contributed by atoms with van der Waals surface area (Å²) in [6.45, 7) is 0. The van der Waals surface area contributed by atoms with E-state index < -0.39 is 5.82 Å². The molecule has 1 aromatic heterocycles. The second kappa shape index (κ2) is 3.97. The van der Waals surface area contributed by atoms with Crippen molar-refractivity contribution < 1.29 is 60.9 Å². The first-order chi connectivity index (χ1) is 3.29. The molecule has 38 valence electrons. The van der Waals surface area contributed by atoms with Gasteiger partial charge in [0.25, 0.3) is 0 Å². The molecule has 0 fully saturated rings. The Bertz CT molecular complexity index is 148. The Hall–Kier alpha value is 1.07. The molecule has 0 atom stereocenters. The van der Waals surface area contributed by atoms with Crippen LogP contribution in [-0.2, 0) is 0 Å². The van der Waals surface area contributed by atoms with Gasteiger partial charge in [0.2, 0.25) is 0 Å². The summed E-state index contributed by atoms with van der Waals surface area (Å²) in [5.74, 6) is -0.435. The molecule has 0 saturated heterocycles. The molecule has 4 heteroatoms. The van der Waals surface area contributed by atoms with E-state index in [1.54, 1.807) is 0 Å². The van der Waals surface area contributed by atoms with Crippen LogP contribution in [0.1, 0.15) is 0 Å². The van der Waals surface area contributed by atoms with Gasteiger partial charge in [-0.2, -0.15) is 11.3 Å². The summed E-state index contributed by atoms with van der Waals surface area (Å²) in [5, 5.41) is 11.0. The Morgan fingerprint density at radius 1 is 1.62 bits per heavy atom. The molecule has 8 heavy (non-hydrogen) atoms. The maximum atomic E-state index is 11.7. The fraction of sp³-hybridized carbons (Fsp3) is 0. The predicted molar refractivity (Wildman–Crippen MR) is 23.7 cm³/mol. The van der Waals surface area contributed by atoms with E-state index in [0.29, 0.717) is 0 Å². The molecule has 0 bridgehead atoms. The minimum Gasteiger partial charge on any atom is -0.865 e. The van der Waals surface area contributed by atoms with E-state index in [2.05, 4.69) is 0 Å². The van der Waals surface area contributed by atoms with Gasteiger partial charge in [0.15, 0.2) is 0 Å². The molecule has 1 aromatic rings. The van der Waals surface area contributed by atoms with Gasteiger partial charge in [0.1, 0.15) is 5.82 Å². The van der Waals surface area contributed by atoms with Crippen LogP contribution in [0.2, 0.25) is 0 Å². The van der Waals surface area contributed by atoms with Crippen molar-refractivity contribution in [2.45, 2.75) is 0 Å². The van der Waals surface area contributed by atoms with Crippen molar-refractivity contribution in [1.29, 1.82) is 0 Å². The van der Waals surface area contributed by atoms with Crippen LogP contribution in [0.4, 0.5) is 4.39 Å². The van der Waals surface area contributed by atoms with Crippen LogP contribution in [-0.4, -0.2) is 0 Å². The first-order valence-corrected chi connectivity index (χ1v) is 2.58. The van der Waals surface area contributed by atoms with E-state index in [-0.39, 0.29) is 56.4 Å². The minimum atomic E-state index is -0.435. The van der Waals surface area contributed by atoms with Crippen molar-refractivity contribution in [2.75, 3.05) is 0 Å². The van der Waals surface area contributed by atoms with Crippen molar-refractivity contribution in [2.24, 2.45) is 0 Å². The van der Waals surface area contributed by atoms with Crippen LogP contribution < -0.4 is 56.5 Å². The number of hydrogen-bond donors (Lipinski definition) is 0. The van der Waals surface area contributed by atoms with Gasteiger partial charge in [0, 0.05) is 5.38 Å². The average Bonchev–Trinajstić information content (AvgIpc) is 1.87. The third-order valence-corrected chi connectivity index (χ3v) is 1.24. The fourth-order valence-electron chi connectivity index (χ4n) is 0.295. The Morgan fingerprint density at radius 3 is 2.38 bits per heavy atom. The van der Waals surface area contributed by atoms with E-state index in [9.17, 15) is 9.50 Å². The van der Waals surface area contributed by atoms with Gasteiger partial charge in [-0.3, -0.25) is 0 Å². The summed E-state index contributed by atoms with van der Waals surface area (Å²) >= 11 is 0.874. The maximum absolute atomic E-state index is 11.7.